The first kappa shape index (κ1) is 22.3. The summed E-state index contributed by atoms with van der Waals surface area (Å²) in [6.45, 7) is 8.75. The second kappa shape index (κ2) is 8.94. The van der Waals surface area contributed by atoms with Gasteiger partial charge in [0, 0.05) is 34.9 Å². The number of methoxy groups -OCH3 is 2. The van der Waals surface area contributed by atoms with E-state index in [9.17, 15) is 4.79 Å². The second-order valence-corrected chi connectivity index (χ2v) is 9.33. The average molecular weight is 456 g/mol. The Morgan fingerprint density at radius 2 is 2.00 bits per heavy atom. The van der Waals surface area contributed by atoms with Gasteiger partial charge in [0.05, 0.1) is 32.0 Å². The molecule has 1 aliphatic heterocycles. The van der Waals surface area contributed by atoms with Crippen molar-refractivity contribution >= 4 is 28.3 Å². The van der Waals surface area contributed by atoms with Crippen LogP contribution in [0.4, 0.5) is 4.79 Å². The van der Waals surface area contributed by atoms with Crippen LogP contribution in [0.2, 0.25) is 0 Å². The monoisotopic (exact) mass is 455 g/mol. The van der Waals surface area contributed by atoms with Gasteiger partial charge in [0.25, 0.3) is 0 Å². The molecule has 0 bridgehead atoms. The lowest BCUT2D eigenvalue weighted by Crippen LogP contribution is -2.34. The van der Waals surface area contributed by atoms with Crippen molar-refractivity contribution < 1.29 is 19.0 Å². The fraction of sp³-hybridized carbons (Fsp3) is 0.458. The largest absolute Gasteiger partial charge is 0.496 e. The van der Waals surface area contributed by atoms with Gasteiger partial charge in [-0.25, -0.2) is 14.8 Å². The summed E-state index contributed by atoms with van der Waals surface area (Å²) in [7, 11) is 3.06. The van der Waals surface area contributed by atoms with Crippen LogP contribution in [0.5, 0.6) is 11.5 Å². The standard InChI is InChI=1S/C24H29N3O4S/c1-13(2)19-12-32-23(26-19)18-10-21(17-7-8-20(29-5)15(4)22(17)25-18)31-16-9-14(3)27(11-16)24(28)30-6/h7-8,10,12-14,16H,9,11H2,1-6H3/t14-,16-/m1/s1. The zero-order valence-corrected chi connectivity index (χ0v) is 20.2. The molecular formula is C24H29N3O4S. The van der Waals surface area contributed by atoms with E-state index < -0.39 is 0 Å². The van der Waals surface area contributed by atoms with E-state index >= 15 is 0 Å². The molecule has 0 unspecified atom stereocenters. The highest BCUT2D eigenvalue weighted by Gasteiger charge is 2.34. The molecule has 3 heterocycles. The quantitative estimate of drug-likeness (QED) is 0.512. The number of aryl methyl sites for hydroxylation is 1. The number of rotatable bonds is 5. The van der Waals surface area contributed by atoms with Crippen LogP contribution in [0, 0.1) is 6.92 Å². The van der Waals surface area contributed by atoms with Crippen LogP contribution < -0.4 is 9.47 Å². The third-order valence-electron chi connectivity index (χ3n) is 5.94. The number of aromatic nitrogens is 2. The molecule has 2 atom stereocenters. The molecule has 8 heteroatoms. The number of carbonyl (C=O) groups excluding carboxylic acids is 1. The number of fused-ring (bicyclic) bond motifs is 1. The number of thiazole rings is 1. The van der Waals surface area contributed by atoms with E-state index in [1.165, 1.54) is 7.11 Å². The van der Waals surface area contributed by atoms with Crippen molar-refractivity contribution in [3.8, 4) is 22.2 Å². The molecule has 1 aromatic carbocycles. The van der Waals surface area contributed by atoms with Crippen LogP contribution in [0.15, 0.2) is 23.6 Å². The molecule has 1 amide bonds. The van der Waals surface area contributed by atoms with E-state index in [2.05, 4.69) is 19.2 Å². The summed E-state index contributed by atoms with van der Waals surface area (Å²) in [5.74, 6) is 1.87. The third-order valence-corrected chi connectivity index (χ3v) is 6.82. The Bertz CT molecular complexity index is 1140. The van der Waals surface area contributed by atoms with E-state index in [0.29, 0.717) is 12.5 Å². The maximum Gasteiger partial charge on any atom is 0.409 e. The number of nitrogens with zero attached hydrogens (tertiary/aromatic N) is 3. The molecule has 170 valence electrons. The Morgan fingerprint density at radius 3 is 2.66 bits per heavy atom. The number of hydrogen-bond acceptors (Lipinski definition) is 7. The Morgan fingerprint density at radius 1 is 1.22 bits per heavy atom. The van der Waals surface area contributed by atoms with Crippen LogP contribution in [-0.2, 0) is 4.74 Å². The minimum Gasteiger partial charge on any atom is -0.496 e. The maximum atomic E-state index is 12.1. The summed E-state index contributed by atoms with van der Waals surface area (Å²) in [6, 6.07) is 5.92. The van der Waals surface area contributed by atoms with Crippen molar-refractivity contribution in [3.63, 3.8) is 0 Å². The van der Waals surface area contributed by atoms with Gasteiger partial charge >= 0.3 is 6.09 Å². The molecule has 3 aromatic rings. The van der Waals surface area contributed by atoms with Crippen molar-refractivity contribution in [1.29, 1.82) is 0 Å². The highest BCUT2D eigenvalue weighted by molar-refractivity contribution is 7.13. The number of ether oxygens (including phenoxy) is 3. The first-order valence-electron chi connectivity index (χ1n) is 10.8. The SMILES string of the molecule is COC(=O)N1C[C@H](Oc2cc(-c3nc(C(C)C)cs3)nc3c(C)c(OC)ccc23)C[C@H]1C. The Balaban J connectivity index is 1.76. The summed E-state index contributed by atoms with van der Waals surface area (Å²) < 4.78 is 16.9. The average Bonchev–Trinajstić information content (AvgIpc) is 3.41. The van der Waals surface area contributed by atoms with Gasteiger partial charge < -0.3 is 19.1 Å². The number of hydrogen-bond donors (Lipinski definition) is 0. The van der Waals surface area contributed by atoms with Gasteiger partial charge in [0.1, 0.15) is 28.3 Å². The second-order valence-electron chi connectivity index (χ2n) is 8.47. The van der Waals surface area contributed by atoms with Crippen LogP contribution in [0.1, 0.15) is 44.4 Å². The first-order valence-corrected chi connectivity index (χ1v) is 11.7. The summed E-state index contributed by atoms with van der Waals surface area (Å²) in [4.78, 5) is 23.5. The molecular weight excluding hydrogens is 426 g/mol. The highest BCUT2D eigenvalue weighted by Crippen LogP contribution is 2.37. The van der Waals surface area contributed by atoms with Gasteiger partial charge in [-0.3, -0.25) is 0 Å². The number of amides is 1. The highest BCUT2D eigenvalue weighted by atomic mass is 32.1. The van der Waals surface area contributed by atoms with E-state index in [1.807, 2.05) is 32.0 Å². The molecule has 4 rings (SSSR count). The maximum absolute atomic E-state index is 12.1. The third kappa shape index (κ3) is 4.11. The van der Waals surface area contributed by atoms with Crippen molar-refractivity contribution in [2.75, 3.05) is 20.8 Å². The van der Waals surface area contributed by atoms with Crippen LogP contribution in [-0.4, -0.2) is 53.9 Å². The molecule has 7 nitrogen and oxygen atoms in total. The van der Waals surface area contributed by atoms with Crippen molar-refractivity contribution in [2.24, 2.45) is 0 Å². The molecule has 0 radical (unpaired) electrons. The Labute approximate surface area is 192 Å². The van der Waals surface area contributed by atoms with E-state index in [0.717, 1.165) is 50.8 Å². The van der Waals surface area contributed by atoms with E-state index in [1.54, 1.807) is 23.3 Å². The van der Waals surface area contributed by atoms with Crippen LogP contribution >= 0.6 is 11.3 Å². The molecule has 1 saturated heterocycles. The molecule has 0 N–H and O–H groups in total. The van der Waals surface area contributed by atoms with Crippen molar-refractivity contribution in [3.05, 3.63) is 34.8 Å². The van der Waals surface area contributed by atoms with Gasteiger partial charge in [-0.1, -0.05) is 13.8 Å². The van der Waals surface area contributed by atoms with Crippen molar-refractivity contribution in [2.45, 2.75) is 52.2 Å². The number of benzene rings is 1. The topological polar surface area (TPSA) is 73.8 Å². The lowest BCUT2D eigenvalue weighted by molar-refractivity contribution is 0.117. The normalized spacial score (nSPS) is 18.4. The van der Waals surface area contributed by atoms with E-state index in [-0.39, 0.29) is 18.2 Å². The first-order chi connectivity index (χ1) is 15.3. The fourth-order valence-electron chi connectivity index (χ4n) is 4.09. The minimum atomic E-state index is -0.326. The molecule has 1 aliphatic rings. The minimum absolute atomic E-state index is 0.0504. The predicted molar refractivity (Wildman–Crippen MR) is 126 cm³/mol. The molecule has 0 saturated carbocycles. The lowest BCUT2D eigenvalue weighted by Gasteiger charge is -2.19. The smallest absolute Gasteiger partial charge is 0.409 e. The summed E-state index contributed by atoms with van der Waals surface area (Å²) in [5, 5.41) is 3.85. The number of pyridine rings is 1. The van der Waals surface area contributed by atoms with E-state index in [4.69, 9.17) is 24.2 Å². The zero-order chi connectivity index (χ0) is 23.0. The molecule has 1 fully saturated rings. The van der Waals surface area contributed by atoms with Gasteiger partial charge in [0.2, 0.25) is 0 Å². The molecule has 2 aromatic heterocycles. The molecule has 0 spiro atoms. The molecule has 0 aliphatic carbocycles. The van der Waals surface area contributed by atoms with Crippen molar-refractivity contribution in [1.82, 2.24) is 14.9 Å². The lowest BCUT2D eigenvalue weighted by atomic mass is 10.1. The zero-order valence-electron chi connectivity index (χ0n) is 19.3. The van der Waals surface area contributed by atoms with Gasteiger partial charge in [-0.2, -0.15) is 0 Å². The summed E-state index contributed by atoms with van der Waals surface area (Å²) in [6.07, 6.45) is 0.277. The number of likely N-dealkylation sites (tertiary alicyclic amines) is 1. The van der Waals surface area contributed by atoms with Crippen LogP contribution in [0.3, 0.4) is 0 Å². The van der Waals surface area contributed by atoms with Gasteiger partial charge in [0.15, 0.2) is 0 Å². The number of carbonyl (C=O) groups is 1. The van der Waals surface area contributed by atoms with Gasteiger partial charge in [-0.05, 0) is 31.9 Å². The van der Waals surface area contributed by atoms with Crippen LogP contribution in [0.25, 0.3) is 21.6 Å². The predicted octanol–water partition coefficient (Wildman–Crippen LogP) is 5.41. The Hall–Kier alpha value is -2.87. The summed E-state index contributed by atoms with van der Waals surface area (Å²) >= 11 is 1.58. The Kier molecular flexibility index (Phi) is 6.24. The molecule has 32 heavy (non-hydrogen) atoms. The fourth-order valence-corrected chi connectivity index (χ4v) is 5.04. The van der Waals surface area contributed by atoms with Gasteiger partial charge in [-0.15, -0.1) is 11.3 Å². The summed E-state index contributed by atoms with van der Waals surface area (Å²) in [5.41, 5.74) is 3.61.